The zero-order valence-corrected chi connectivity index (χ0v) is 11.3. The Morgan fingerprint density at radius 3 is 2.55 bits per heavy atom. The Balaban J connectivity index is 2.28. The molecule has 0 fully saturated rings. The molecule has 0 saturated carbocycles. The summed E-state index contributed by atoms with van der Waals surface area (Å²) in [6.45, 7) is 2.44. The van der Waals surface area contributed by atoms with Crippen molar-refractivity contribution in [2.75, 3.05) is 18.4 Å². The molecule has 0 aliphatic rings. The van der Waals surface area contributed by atoms with Crippen LogP contribution in [-0.4, -0.2) is 24.9 Å². The highest BCUT2D eigenvalue weighted by molar-refractivity contribution is 5.95. The number of hydrogen-bond donors (Lipinski definition) is 2. The van der Waals surface area contributed by atoms with Gasteiger partial charge in [-0.2, -0.15) is 0 Å². The molecule has 0 bridgehead atoms. The number of carbonyl (C=O) groups is 2. The Labute approximate surface area is 117 Å². The van der Waals surface area contributed by atoms with E-state index in [9.17, 15) is 9.59 Å². The van der Waals surface area contributed by atoms with Crippen molar-refractivity contribution in [3.05, 3.63) is 40.3 Å². The van der Waals surface area contributed by atoms with Gasteiger partial charge in [0.15, 0.2) is 5.78 Å². The minimum atomic E-state index is -0.302. The Hall–Kier alpha value is -2.53. The molecular formula is C13H17N5O2. The van der Waals surface area contributed by atoms with Crippen LogP contribution in [-0.2, 0) is 0 Å². The van der Waals surface area contributed by atoms with Crippen LogP contribution >= 0.6 is 0 Å². The van der Waals surface area contributed by atoms with Crippen LogP contribution in [0.15, 0.2) is 29.4 Å². The summed E-state index contributed by atoms with van der Waals surface area (Å²) in [4.78, 5) is 25.3. The van der Waals surface area contributed by atoms with Crippen LogP contribution in [0, 0.1) is 0 Å². The second-order valence-corrected chi connectivity index (χ2v) is 4.18. The second-order valence-electron chi connectivity index (χ2n) is 4.18. The summed E-state index contributed by atoms with van der Waals surface area (Å²) >= 11 is 0. The minimum absolute atomic E-state index is 0.0129. The van der Waals surface area contributed by atoms with E-state index in [1.54, 1.807) is 24.3 Å². The van der Waals surface area contributed by atoms with Gasteiger partial charge in [0.25, 0.3) is 0 Å². The molecule has 1 rings (SSSR count). The first-order chi connectivity index (χ1) is 9.63. The summed E-state index contributed by atoms with van der Waals surface area (Å²) in [6, 6.07) is 6.38. The predicted molar refractivity (Wildman–Crippen MR) is 76.7 cm³/mol. The minimum Gasteiger partial charge on any atom is -0.338 e. The van der Waals surface area contributed by atoms with E-state index in [1.807, 2.05) is 0 Å². The van der Waals surface area contributed by atoms with Gasteiger partial charge in [-0.3, -0.25) is 4.79 Å². The van der Waals surface area contributed by atoms with Crippen LogP contribution in [0.1, 0.15) is 30.1 Å². The fraction of sp³-hybridized carbons (Fsp3) is 0.385. The molecule has 2 amide bonds. The Kier molecular flexibility index (Phi) is 6.64. The molecule has 1 aromatic carbocycles. The van der Waals surface area contributed by atoms with E-state index in [2.05, 4.69) is 20.7 Å². The third-order valence-corrected chi connectivity index (χ3v) is 2.58. The lowest BCUT2D eigenvalue weighted by Crippen LogP contribution is -2.29. The van der Waals surface area contributed by atoms with E-state index < -0.39 is 0 Å². The lowest BCUT2D eigenvalue weighted by molar-refractivity contribution is 0.101. The van der Waals surface area contributed by atoms with Crippen molar-refractivity contribution in [3.8, 4) is 0 Å². The van der Waals surface area contributed by atoms with Crippen molar-refractivity contribution in [1.29, 1.82) is 0 Å². The van der Waals surface area contributed by atoms with E-state index in [0.29, 0.717) is 24.3 Å². The van der Waals surface area contributed by atoms with Crippen molar-refractivity contribution in [2.24, 2.45) is 5.11 Å². The molecule has 1 aromatic rings. The SMILES string of the molecule is CC(=O)c1ccc(NC(=O)NCCCCN=[N+]=[N-])cc1. The summed E-state index contributed by atoms with van der Waals surface area (Å²) in [7, 11) is 0. The molecular weight excluding hydrogens is 258 g/mol. The van der Waals surface area contributed by atoms with E-state index >= 15 is 0 Å². The van der Waals surface area contributed by atoms with E-state index in [4.69, 9.17) is 5.53 Å². The molecule has 0 aromatic heterocycles. The highest BCUT2D eigenvalue weighted by Crippen LogP contribution is 2.09. The van der Waals surface area contributed by atoms with Gasteiger partial charge in [-0.25, -0.2) is 4.79 Å². The second kappa shape index (κ2) is 8.55. The zero-order chi connectivity index (χ0) is 14.8. The van der Waals surface area contributed by atoms with Gasteiger partial charge in [-0.15, -0.1) is 0 Å². The molecule has 0 aliphatic carbocycles. The third kappa shape index (κ3) is 5.88. The number of rotatable bonds is 7. The first kappa shape index (κ1) is 15.5. The summed E-state index contributed by atoms with van der Waals surface area (Å²) in [5.41, 5.74) is 9.32. The number of ketones is 1. The van der Waals surface area contributed by atoms with Crippen LogP contribution in [0.25, 0.3) is 10.4 Å². The van der Waals surface area contributed by atoms with E-state index in [-0.39, 0.29) is 11.8 Å². The lowest BCUT2D eigenvalue weighted by Gasteiger charge is -2.07. The number of nitrogens with one attached hydrogen (secondary N) is 2. The number of hydrogen-bond acceptors (Lipinski definition) is 3. The highest BCUT2D eigenvalue weighted by Gasteiger charge is 2.02. The van der Waals surface area contributed by atoms with Crippen molar-refractivity contribution in [3.63, 3.8) is 0 Å². The fourth-order valence-electron chi connectivity index (χ4n) is 1.52. The Morgan fingerprint density at radius 1 is 1.25 bits per heavy atom. The molecule has 0 heterocycles. The van der Waals surface area contributed by atoms with E-state index in [0.717, 1.165) is 12.8 Å². The predicted octanol–water partition coefficient (Wildman–Crippen LogP) is 3.10. The topological polar surface area (TPSA) is 107 Å². The molecule has 0 unspecified atom stereocenters. The number of amides is 2. The first-order valence-electron chi connectivity index (χ1n) is 6.30. The normalized spacial score (nSPS) is 9.45. The highest BCUT2D eigenvalue weighted by atomic mass is 16.2. The fourth-order valence-corrected chi connectivity index (χ4v) is 1.52. The maximum absolute atomic E-state index is 11.5. The Bertz CT molecular complexity index is 506. The summed E-state index contributed by atoms with van der Waals surface area (Å²) in [6.07, 6.45) is 1.48. The number of azide groups is 1. The van der Waals surface area contributed by atoms with Crippen molar-refractivity contribution >= 4 is 17.5 Å². The van der Waals surface area contributed by atoms with Crippen LogP contribution in [0.3, 0.4) is 0 Å². The van der Waals surface area contributed by atoms with Gasteiger partial charge in [0, 0.05) is 29.3 Å². The molecule has 2 N–H and O–H groups in total. The van der Waals surface area contributed by atoms with Gasteiger partial charge in [0.05, 0.1) is 0 Å². The number of anilines is 1. The molecule has 0 atom stereocenters. The van der Waals surface area contributed by atoms with E-state index in [1.165, 1.54) is 6.92 Å². The molecule has 106 valence electrons. The van der Waals surface area contributed by atoms with Crippen molar-refractivity contribution < 1.29 is 9.59 Å². The largest absolute Gasteiger partial charge is 0.338 e. The molecule has 0 spiro atoms. The van der Waals surface area contributed by atoms with Gasteiger partial charge < -0.3 is 10.6 Å². The van der Waals surface area contributed by atoms with Crippen LogP contribution < -0.4 is 10.6 Å². The maximum Gasteiger partial charge on any atom is 0.319 e. The number of unbranched alkanes of at least 4 members (excludes halogenated alkanes) is 1. The third-order valence-electron chi connectivity index (χ3n) is 2.58. The number of nitrogens with zero attached hydrogens (tertiary/aromatic N) is 3. The molecule has 7 nitrogen and oxygen atoms in total. The average molecular weight is 275 g/mol. The molecule has 7 heteroatoms. The molecule has 0 radical (unpaired) electrons. The summed E-state index contributed by atoms with van der Waals surface area (Å²) < 4.78 is 0. The monoisotopic (exact) mass is 275 g/mol. The number of benzene rings is 1. The van der Waals surface area contributed by atoms with Gasteiger partial charge in [-0.05, 0) is 49.6 Å². The van der Waals surface area contributed by atoms with Gasteiger partial charge in [-0.1, -0.05) is 5.11 Å². The standard InChI is InChI=1S/C13H17N5O2/c1-10(19)11-4-6-12(7-5-11)17-13(20)15-8-2-3-9-16-18-14/h4-7H,2-3,8-9H2,1H3,(H2,15,17,20). The quantitative estimate of drug-likeness (QED) is 0.262. The van der Waals surface area contributed by atoms with Crippen LogP contribution in [0.4, 0.5) is 10.5 Å². The summed E-state index contributed by atoms with van der Waals surface area (Å²) in [5, 5.41) is 8.76. The van der Waals surface area contributed by atoms with Crippen molar-refractivity contribution in [1.82, 2.24) is 5.32 Å². The lowest BCUT2D eigenvalue weighted by atomic mass is 10.1. The Morgan fingerprint density at radius 2 is 1.95 bits per heavy atom. The summed E-state index contributed by atoms with van der Waals surface area (Å²) in [5.74, 6) is -0.0129. The van der Waals surface area contributed by atoms with Crippen LogP contribution in [0.2, 0.25) is 0 Å². The van der Waals surface area contributed by atoms with Gasteiger partial charge in [0.2, 0.25) is 0 Å². The maximum atomic E-state index is 11.5. The van der Waals surface area contributed by atoms with Gasteiger partial charge in [0.1, 0.15) is 0 Å². The molecule has 20 heavy (non-hydrogen) atoms. The zero-order valence-electron chi connectivity index (χ0n) is 11.3. The van der Waals surface area contributed by atoms with Crippen molar-refractivity contribution in [2.45, 2.75) is 19.8 Å². The molecule has 0 saturated heterocycles. The first-order valence-corrected chi connectivity index (χ1v) is 6.30. The smallest absolute Gasteiger partial charge is 0.319 e. The van der Waals surface area contributed by atoms with Crippen LogP contribution in [0.5, 0.6) is 0 Å². The van der Waals surface area contributed by atoms with Gasteiger partial charge >= 0.3 is 6.03 Å². The number of carbonyl (C=O) groups excluding carboxylic acids is 2. The number of Topliss-reactive ketones (excluding diaryl/α,β-unsaturated/α-hetero) is 1. The molecule has 0 aliphatic heterocycles. The number of urea groups is 1. The average Bonchev–Trinajstić information content (AvgIpc) is 2.43.